The summed E-state index contributed by atoms with van der Waals surface area (Å²) in [5, 5.41) is 11.9. The third-order valence-corrected chi connectivity index (χ3v) is 1.71. The van der Waals surface area contributed by atoms with Gasteiger partial charge in [0.2, 0.25) is 0 Å². The minimum Gasteiger partial charge on any atom is -0.384 e. The number of rotatable bonds is 4. The van der Waals surface area contributed by atoms with Crippen LogP contribution in [0.2, 0.25) is 0 Å². The molecule has 0 aliphatic rings. The van der Waals surface area contributed by atoms with Gasteiger partial charge in [0.25, 0.3) is 0 Å². The van der Waals surface area contributed by atoms with Crippen LogP contribution in [0.25, 0.3) is 0 Å². The number of para-hydroxylation sites is 1. The molecule has 0 bridgehead atoms. The van der Waals surface area contributed by atoms with Gasteiger partial charge in [-0.15, -0.1) is 6.58 Å². The largest absolute Gasteiger partial charge is 0.384 e. The van der Waals surface area contributed by atoms with Crippen molar-refractivity contribution in [3.63, 3.8) is 0 Å². The molecule has 0 fully saturated rings. The van der Waals surface area contributed by atoms with E-state index in [1.165, 1.54) is 0 Å². The van der Waals surface area contributed by atoms with Gasteiger partial charge in [0, 0.05) is 6.54 Å². The Bertz CT molecular complexity index is 323. The van der Waals surface area contributed by atoms with Crippen molar-refractivity contribution in [2.75, 3.05) is 11.9 Å². The Morgan fingerprint density at radius 2 is 2.23 bits per heavy atom. The third-order valence-electron chi connectivity index (χ3n) is 1.71. The zero-order valence-corrected chi connectivity index (χ0v) is 7.46. The second-order valence-electron chi connectivity index (χ2n) is 2.66. The van der Waals surface area contributed by atoms with Gasteiger partial charge in [0.15, 0.2) is 0 Å². The van der Waals surface area contributed by atoms with Crippen molar-refractivity contribution < 1.29 is 0 Å². The third kappa shape index (κ3) is 2.64. The highest BCUT2D eigenvalue weighted by atomic mass is 14.9. The SMILES string of the molecule is C=CCCNc1ccccc1C#N. The molecular weight excluding hydrogens is 160 g/mol. The normalized spacial score (nSPS) is 8.85. The standard InChI is InChI=1S/C11H12N2/c1-2-3-8-13-11-7-5-4-6-10(11)9-12/h2,4-7,13H,1,3,8H2. The summed E-state index contributed by atoms with van der Waals surface area (Å²) < 4.78 is 0. The number of nitrogens with zero attached hydrogens (tertiary/aromatic N) is 1. The van der Waals surface area contributed by atoms with E-state index < -0.39 is 0 Å². The fourth-order valence-corrected chi connectivity index (χ4v) is 1.04. The minimum atomic E-state index is 0.687. The van der Waals surface area contributed by atoms with E-state index in [0.717, 1.165) is 18.7 Å². The van der Waals surface area contributed by atoms with Crippen LogP contribution < -0.4 is 5.32 Å². The predicted octanol–water partition coefficient (Wildman–Crippen LogP) is 2.55. The first-order valence-electron chi connectivity index (χ1n) is 4.22. The Labute approximate surface area is 78.5 Å². The molecule has 13 heavy (non-hydrogen) atoms. The second-order valence-corrected chi connectivity index (χ2v) is 2.66. The predicted molar refractivity (Wildman–Crippen MR) is 54.5 cm³/mol. The molecule has 1 aromatic rings. The minimum absolute atomic E-state index is 0.687. The van der Waals surface area contributed by atoms with E-state index in [1.807, 2.05) is 24.3 Å². The van der Waals surface area contributed by atoms with Gasteiger partial charge in [-0.25, -0.2) is 0 Å². The highest BCUT2D eigenvalue weighted by molar-refractivity contribution is 5.57. The molecule has 0 heterocycles. The van der Waals surface area contributed by atoms with E-state index in [0.29, 0.717) is 5.56 Å². The molecule has 0 radical (unpaired) electrons. The molecule has 0 unspecified atom stereocenters. The van der Waals surface area contributed by atoms with Crippen LogP contribution in [0, 0.1) is 11.3 Å². The molecule has 1 N–H and O–H groups in total. The first-order chi connectivity index (χ1) is 6.38. The fraction of sp³-hybridized carbons (Fsp3) is 0.182. The van der Waals surface area contributed by atoms with Crippen molar-refractivity contribution in [2.45, 2.75) is 6.42 Å². The molecule has 0 aliphatic carbocycles. The molecule has 0 saturated carbocycles. The number of anilines is 1. The highest BCUT2D eigenvalue weighted by Crippen LogP contribution is 2.12. The summed E-state index contributed by atoms with van der Waals surface area (Å²) in [5.41, 5.74) is 1.58. The lowest BCUT2D eigenvalue weighted by Crippen LogP contribution is -2.01. The summed E-state index contributed by atoms with van der Waals surface area (Å²) in [7, 11) is 0. The first kappa shape index (κ1) is 9.34. The molecule has 0 aromatic heterocycles. The van der Waals surface area contributed by atoms with Gasteiger partial charge in [-0.3, -0.25) is 0 Å². The van der Waals surface area contributed by atoms with E-state index in [-0.39, 0.29) is 0 Å². The molecule has 66 valence electrons. The summed E-state index contributed by atoms with van der Waals surface area (Å²) in [6, 6.07) is 9.61. The Morgan fingerprint density at radius 3 is 2.92 bits per heavy atom. The smallest absolute Gasteiger partial charge is 0.101 e. The number of nitrogens with one attached hydrogen (secondary N) is 1. The second kappa shape index (κ2) is 5.00. The summed E-state index contributed by atoms with van der Waals surface area (Å²) in [6.45, 7) is 4.45. The van der Waals surface area contributed by atoms with Crippen molar-refractivity contribution in [3.05, 3.63) is 42.5 Å². The Kier molecular flexibility index (Phi) is 3.59. The molecule has 0 saturated heterocycles. The Morgan fingerprint density at radius 1 is 1.46 bits per heavy atom. The van der Waals surface area contributed by atoms with E-state index in [1.54, 1.807) is 6.07 Å². The van der Waals surface area contributed by atoms with Gasteiger partial charge in [0.05, 0.1) is 11.3 Å². The van der Waals surface area contributed by atoms with E-state index in [2.05, 4.69) is 18.0 Å². The van der Waals surface area contributed by atoms with E-state index in [9.17, 15) is 0 Å². The molecule has 1 rings (SSSR count). The molecule has 1 aromatic carbocycles. The van der Waals surface area contributed by atoms with Crippen molar-refractivity contribution in [1.82, 2.24) is 0 Å². The average Bonchev–Trinajstić information content (AvgIpc) is 2.19. The molecule has 0 aliphatic heterocycles. The van der Waals surface area contributed by atoms with Crippen LogP contribution >= 0.6 is 0 Å². The van der Waals surface area contributed by atoms with Gasteiger partial charge >= 0.3 is 0 Å². The van der Waals surface area contributed by atoms with Crippen molar-refractivity contribution in [1.29, 1.82) is 5.26 Å². The number of hydrogen-bond donors (Lipinski definition) is 1. The summed E-state index contributed by atoms with van der Waals surface area (Å²) in [5.74, 6) is 0. The van der Waals surface area contributed by atoms with E-state index >= 15 is 0 Å². The summed E-state index contributed by atoms with van der Waals surface area (Å²) in [6.07, 6.45) is 2.75. The lowest BCUT2D eigenvalue weighted by molar-refractivity contribution is 1.07. The van der Waals surface area contributed by atoms with E-state index in [4.69, 9.17) is 5.26 Å². The van der Waals surface area contributed by atoms with Crippen LogP contribution in [0.1, 0.15) is 12.0 Å². The van der Waals surface area contributed by atoms with Crippen LogP contribution in [0.5, 0.6) is 0 Å². The first-order valence-corrected chi connectivity index (χ1v) is 4.22. The van der Waals surface area contributed by atoms with Gasteiger partial charge < -0.3 is 5.32 Å². The summed E-state index contributed by atoms with van der Waals surface area (Å²) >= 11 is 0. The maximum atomic E-state index is 8.76. The fourth-order valence-electron chi connectivity index (χ4n) is 1.04. The van der Waals surface area contributed by atoms with Gasteiger partial charge in [-0.05, 0) is 18.6 Å². The number of benzene rings is 1. The number of hydrogen-bond acceptors (Lipinski definition) is 2. The Balaban J connectivity index is 2.65. The van der Waals surface area contributed by atoms with Gasteiger partial charge in [0.1, 0.15) is 6.07 Å². The molecule has 2 nitrogen and oxygen atoms in total. The maximum absolute atomic E-state index is 8.76. The quantitative estimate of drug-likeness (QED) is 0.559. The van der Waals surface area contributed by atoms with Crippen LogP contribution in [-0.2, 0) is 0 Å². The van der Waals surface area contributed by atoms with Gasteiger partial charge in [-0.2, -0.15) is 5.26 Å². The summed E-state index contributed by atoms with van der Waals surface area (Å²) in [4.78, 5) is 0. The molecule has 0 spiro atoms. The Hall–Kier alpha value is -1.75. The average molecular weight is 172 g/mol. The van der Waals surface area contributed by atoms with Crippen LogP contribution in [-0.4, -0.2) is 6.54 Å². The van der Waals surface area contributed by atoms with Crippen LogP contribution in [0.4, 0.5) is 5.69 Å². The number of nitriles is 1. The lowest BCUT2D eigenvalue weighted by atomic mass is 10.2. The van der Waals surface area contributed by atoms with Crippen molar-refractivity contribution >= 4 is 5.69 Å². The lowest BCUT2D eigenvalue weighted by Gasteiger charge is -2.05. The highest BCUT2D eigenvalue weighted by Gasteiger charge is 1.97. The molecular formula is C11H12N2. The van der Waals surface area contributed by atoms with Gasteiger partial charge in [-0.1, -0.05) is 18.2 Å². The van der Waals surface area contributed by atoms with Crippen LogP contribution in [0.3, 0.4) is 0 Å². The molecule has 0 atom stereocenters. The van der Waals surface area contributed by atoms with Crippen molar-refractivity contribution in [2.24, 2.45) is 0 Å². The molecule has 0 amide bonds. The van der Waals surface area contributed by atoms with Crippen LogP contribution in [0.15, 0.2) is 36.9 Å². The maximum Gasteiger partial charge on any atom is 0.101 e. The zero-order chi connectivity index (χ0) is 9.52. The molecule has 2 heteroatoms. The monoisotopic (exact) mass is 172 g/mol. The zero-order valence-electron chi connectivity index (χ0n) is 7.46. The topological polar surface area (TPSA) is 35.8 Å². The van der Waals surface area contributed by atoms with Crippen molar-refractivity contribution in [3.8, 4) is 6.07 Å².